The number of aromatic nitrogens is 2. The Labute approximate surface area is 286 Å². The second kappa shape index (κ2) is 12.9. The summed E-state index contributed by atoms with van der Waals surface area (Å²) in [6, 6.07) is 20.7. The van der Waals surface area contributed by atoms with Gasteiger partial charge in [-0.3, -0.25) is 9.36 Å². The largest absolute Gasteiger partial charge is 0.497 e. The van der Waals surface area contributed by atoms with Crippen LogP contribution in [0, 0.1) is 25.2 Å². The van der Waals surface area contributed by atoms with E-state index in [1.54, 1.807) is 29.9 Å². The number of benzene rings is 2. The molecular weight excluding hydrogens is 641 g/mol. The number of methoxy groups -OCH3 is 1. The molecule has 0 N–H and O–H groups in total. The Bertz CT molecular complexity index is 2320. The first-order valence-corrected chi connectivity index (χ1v) is 17.6. The molecule has 10 heteroatoms. The SMILES string of the molecule is CCOC(=O)C1=C(c2ccccc2)N=c2s/c(=C/c3cc(C)n(-c4sc5c(c4C#N)CCCC5)c3C)c(=O)n2[C@H]1c1ccc(OC)cc1. The highest BCUT2D eigenvalue weighted by atomic mass is 32.1. The van der Waals surface area contributed by atoms with Gasteiger partial charge < -0.3 is 14.0 Å². The van der Waals surface area contributed by atoms with Crippen LogP contribution in [0.4, 0.5) is 0 Å². The van der Waals surface area contributed by atoms with Crippen molar-refractivity contribution in [1.29, 1.82) is 5.26 Å². The lowest BCUT2D eigenvalue weighted by atomic mass is 9.93. The summed E-state index contributed by atoms with van der Waals surface area (Å²) in [6.07, 6.45) is 6.11. The van der Waals surface area contributed by atoms with Crippen molar-refractivity contribution in [3.05, 3.63) is 130 Å². The van der Waals surface area contributed by atoms with Gasteiger partial charge in [-0.05, 0) is 87.4 Å². The van der Waals surface area contributed by atoms with Crippen LogP contribution in [-0.4, -0.2) is 28.8 Å². The molecule has 242 valence electrons. The van der Waals surface area contributed by atoms with Crippen LogP contribution in [0.2, 0.25) is 0 Å². The van der Waals surface area contributed by atoms with E-state index < -0.39 is 12.0 Å². The Hall–Kier alpha value is -4.98. The summed E-state index contributed by atoms with van der Waals surface area (Å²) in [5, 5.41) is 11.1. The maximum Gasteiger partial charge on any atom is 0.338 e. The third-order valence-electron chi connectivity index (χ3n) is 9.03. The van der Waals surface area contributed by atoms with E-state index >= 15 is 0 Å². The van der Waals surface area contributed by atoms with Gasteiger partial charge in [-0.25, -0.2) is 9.79 Å². The van der Waals surface area contributed by atoms with Crippen LogP contribution in [0.3, 0.4) is 0 Å². The molecule has 3 aromatic heterocycles. The number of carbonyl (C=O) groups excluding carboxylic acids is 1. The molecule has 0 bridgehead atoms. The molecule has 2 aliphatic rings. The molecule has 0 spiro atoms. The van der Waals surface area contributed by atoms with Crippen molar-refractivity contribution in [1.82, 2.24) is 9.13 Å². The van der Waals surface area contributed by atoms with E-state index in [0.29, 0.717) is 26.4 Å². The first-order chi connectivity index (χ1) is 23.3. The highest BCUT2D eigenvalue weighted by Crippen LogP contribution is 2.39. The number of nitrogens with zero attached hydrogens (tertiary/aromatic N) is 4. The zero-order valence-corrected chi connectivity index (χ0v) is 28.8. The third-order valence-corrected chi connectivity index (χ3v) is 11.3. The molecule has 1 aliphatic heterocycles. The molecule has 0 amide bonds. The molecule has 8 nitrogen and oxygen atoms in total. The normalized spacial score (nSPS) is 15.8. The minimum Gasteiger partial charge on any atom is -0.497 e. The van der Waals surface area contributed by atoms with Gasteiger partial charge >= 0.3 is 5.97 Å². The summed E-state index contributed by atoms with van der Waals surface area (Å²) in [5.41, 5.74) is 6.82. The van der Waals surface area contributed by atoms with E-state index in [0.717, 1.165) is 64.3 Å². The maximum absolute atomic E-state index is 14.4. The first kappa shape index (κ1) is 31.6. The van der Waals surface area contributed by atoms with Crippen LogP contribution in [0.5, 0.6) is 5.75 Å². The van der Waals surface area contributed by atoms with Crippen molar-refractivity contribution in [2.24, 2.45) is 4.99 Å². The Morgan fingerprint density at radius 2 is 1.83 bits per heavy atom. The zero-order valence-electron chi connectivity index (χ0n) is 27.2. The van der Waals surface area contributed by atoms with Crippen LogP contribution in [0.15, 0.2) is 76.0 Å². The second-order valence-electron chi connectivity index (χ2n) is 11.9. The number of fused-ring (bicyclic) bond motifs is 2. The molecule has 5 aromatic rings. The summed E-state index contributed by atoms with van der Waals surface area (Å²) in [7, 11) is 1.60. The molecule has 48 heavy (non-hydrogen) atoms. The standard InChI is InChI=1S/C38H34N4O4S2/c1-5-46-37(44)32-33(24-11-7-6-8-12-24)40-38-42(34(32)25-15-17-27(45-4)18-16-25)35(43)31(48-38)20-26-19-22(2)41(23(26)3)36-29(21-39)28-13-9-10-14-30(28)47-36/h6-8,11-12,15-20,34H,5,9-10,13-14H2,1-4H3/b31-20+/t34-/m0/s1. The highest BCUT2D eigenvalue weighted by molar-refractivity contribution is 7.15. The molecule has 0 unspecified atom stereocenters. The van der Waals surface area contributed by atoms with Crippen molar-refractivity contribution in [2.75, 3.05) is 13.7 Å². The van der Waals surface area contributed by atoms with E-state index in [1.807, 2.05) is 74.5 Å². The quantitative estimate of drug-likeness (QED) is 0.193. The van der Waals surface area contributed by atoms with Crippen LogP contribution in [0.1, 0.15) is 69.9 Å². The van der Waals surface area contributed by atoms with E-state index in [9.17, 15) is 14.9 Å². The Morgan fingerprint density at radius 1 is 1.08 bits per heavy atom. The van der Waals surface area contributed by atoms with Gasteiger partial charge in [0.25, 0.3) is 5.56 Å². The Morgan fingerprint density at radius 3 is 2.54 bits per heavy atom. The van der Waals surface area contributed by atoms with E-state index in [2.05, 4.69) is 16.7 Å². The molecule has 2 aromatic carbocycles. The molecule has 0 saturated heterocycles. The van der Waals surface area contributed by atoms with Gasteiger partial charge in [0.15, 0.2) is 4.80 Å². The topological polar surface area (TPSA) is 98.6 Å². The summed E-state index contributed by atoms with van der Waals surface area (Å²) in [4.78, 5) is 34.9. The van der Waals surface area contributed by atoms with Gasteiger partial charge in [0.2, 0.25) is 0 Å². The lowest BCUT2D eigenvalue weighted by Gasteiger charge is -2.26. The van der Waals surface area contributed by atoms with Gasteiger partial charge in [0, 0.05) is 21.8 Å². The minimum atomic E-state index is -0.772. The highest BCUT2D eigenvalue weighted by Gasteiger charge is 2.35. The smallest absolute Gasteiger partial charge is 0.338 e. The molecule has 1 aliphatic carbocycles. The average molecular weight is 675 g/mol. The predicted molar refractivity (Wildman–Crippen MR) is 189 cm³/mol. The molecule has 4 heterocycles. The maximum atomic E-state index is 14.4. The van der Waals surface area contributed by atoms with Crippen molar-refractivity contribution in [3.63, 3.8) is 0 Å². The van der Waals surface area contributed by atoms with Gasteiger partial charge in [-0.15, -0.1) is 11.3 Å². The molecule has 0 radical (unpaired) electrons. The molecule has 0 fully saturated rings. The summed E-state index contributed by atoms with van der Waals surface area (Å²) in [6.45, 7) is 6.01. The van der Waals surface area contributed by atoms with Gasteiger partial charge in [0.05, 0.1) is 41.1 Å². The van der Waals surface area contributed by atoms with Crippen molar-refractivity contribution in [3.8, 4) is 16.8 Å². The van der Waals surface area contributed by atoms with E-state index in [4.69, 9.17) is 14.5 Å². The number of carbonyl (C=O) groups is 1. The van der Waals surface area contributed by atoms with Gasteiger partial charge in [-0.1, -0.05) is 53.8 Å². The van der Waals surface area contributed by atoms with Gasteiger partial charge in [-0.2, -0.15) is 5.26 Å². The number of aryl methyl sites for hydroxylation is 2. The van der Waals surface area contributed by atoms with Crippen molar-refractivity contribution >= 4 is 40.4 Å². The van der Waals surface area contributed by atoms with E-state index in [-0.39, 0.29) is 12.2 Å². The van der Waals surface area contributed by atoms with Crippen molar-refractivity contribution < 1.29 is 14.3 Å². The number of nitriles is 1. The van der Waals surface area contributed by atoms with Gasteiger partial charge in [0.1, 0.15) is 16.8 Å². The fraction of sp³-hybridized carbons (Fsp3) is 0.263. The number of thiazole rings is 1. The van der Waals surface area contributed by atoms with Crippen LogP contribution >= 0.6 is 22.7 Å². The summed E-state index contributed by atoms with van der Waals surface area (Å²) < 4.78 is 15.2. The third kappa shape index (κ3) is 5.33. The van der Waals surface area contributed by atoms with Crippen LogP contribution < -0.4 is 19.6 Å². The fourth-order valence-electron chi connectivity index (χ4n) is 6.75. The number of ether oxygens (including phenoxy) is 2. The molecule has 1 atom stereocenters. The molecule has 7 rings (SSSR count). The Balaban J connectivity index is 1.44. The lowest BCUT2D eigenvalue weighted by molar-refractivity contribution is -0.138. The average Bonchev–Trinajstić information content (AvgIpc) is 3.73. The summed E-state index contributed by atoms with van der Waals surface area (Å²) in [5.74, 6) is 0.142. The number of esters is 1. The lowest BCUT2D eigenvalue weighted by Crippen LogP contribution is -2.40. The zero-order chi connectivity index (χ0) is 33.5. The van der Waals surface area contributed by atoms with Crippen LogP contribution in [0.25, 0.3) is 16.8 Å². The van der Waals surface area contributed by atoms with E-state index in [1.165, 1.54) is 21.8 Å². The Kier molecular flexibility index (Phi) is 8.50. The van der Waals surface area contributed by atoms with Crippen LogP contribution in [-0.2, 0) is 22.4 Å². The predicted octanol–water partition coefficient (Wildman–Crippen LogP) is 6.16. The number of thiophene rings is 1. The first-order valence-electron chi connectivity index (χ1n) is 16.0. The number of hydrogen-bond donors (Lipinski definition) is 0. The molecular formula is C38H34N4O4S2. The number of hydrogen-bond acceptors (Lipinski definition) is 8. The second-order valence-corrected chi connectivity index (χ2v) is 14.0. The summed E-state index contributed by atoms with van der Waals surface area (Å²) >= 11 is 3.00. The number of rotatable bonds is 7. The molecule has 0 saturated carbocycles. The monoisotopic (exact) mass is 674 g/mol. The fourth-order valence-corrected chi connectivity index (χ4v) is 9.20. The van der Waals surface area contributed by atoms with Crippen molar-refractivity contribution in [2.45, 2.75) is 52.5 Å². The minimum absolute atomic E-state index is 0.181.